The molecule has 0 bridgehead atoms. The number of imidazole rings is 1. The monoisotopic (exact) mass is 457 g/mol. The first-order chi connectivity index (χ1) is 16.2. The zero-order valence-electron chi connectivity index (χ0n) is 18.5. The quantitative estimate of drug-likeness (QED) is 0.464. The smallest absolute Gasteiger partial charge is 0.173 e. The van der Waals surface area contributed by atoms with Crippen molar-refractivity contribution in [3.8, 4) is 0 Å². The minimum atomic E-state index is 0.411. The molecular weight excluding hydrogens is 430 g/mol. The van der Waals surface area contributed by atoms with Crippen molar-refractivity contribution in [2.75, 3.05) is 18.4 Å². The summed E-state index contributed by atoms with van der Waals surface area (Å²) < 4.78 is 4.13. The van der Waals surface area contributed by atoms with Crippen molar-refractivity contribution in [1.29, 1.82) is 0 Å². The molecule has 1 fully saturated rings. The molecule has 6 rings (SSSR count). The second kappa shape index (κ2) is 8.59. The fraction of sp³-hybridized carbons (Fsp3) is 0.360. The highest BCUT2D eigenvalue weighted by atomic mass is 32.1. The predicted molar refractivity (Wildman–Crippen MR) is 133 cm³/mol. The van der Waals surface area contributed by atoms with E-state index in [1.807, 2.05) is 35.3 Å². The molecule has 1 N–H and O–H groups in total. The van der Waals surface area contributed by atoms with E-state index in [0.29, 0.717) is 12.6 Å². The molecule has 0 saturated carbocycles. The summed E-state index contributed by atoms with van der Waals surface area (Å²) in [4.78, 5) is 6.99. The van der Waals surface area contributed by atoms with Gasteiger partial charge in [-0.15, -0.1) is 5.10 Å². The maximum Gasteiger partial charge on any atom is 0.173 e. The van der Waals surface area contributed by atoms with Crippen LogP contribution in [0, 0.1) is 0 Å². The molecule has 8 heteroatoms. The molecular formula is C25H27N7S. The summed E-state index contributed by atoms with van der Waals surface area (Å²) in [5.41, 5.74) is 6.01. The Hall–Kier alpha value is -3.26. The molecule has 0 atom stereocenters. The van der Waals surface area contributed by atoms with Crippen LogP contribution in [-0.4, -0.2) is 47.6 Å². The zero-order chi connectivity index (χ0) is 22.2. The van der Waals surface area contributed by atoms with Gasteiger partial charge >= 0.3 is 0 Å². The molecule has 7 nitrogen and oxygen atoms in total. The van der Waals surface area contributed by atoms with Gasteiger partial charge in [0, 0.05) is 37.1 Å². The SMILES string of the molecule is S=C(Nc1ccc2c(c1)CCC2)N1CCC(c2nccn2Cn2nnc3ccccc32)CC1. The average Bonchev–Trinajstić information content (AvgIpc) is 3.59. The second-order valence-corrected chi connectivity index (χ2v) is 9.39. The predicted octanol–water partition coefficient (Wildman–Crippen LogP) is 4.20. The Morgan fingerprint density at radius 2 is 1.91 bits per heavy atom. The number of nitrogens with zero attached hydrogens (tertiary/aromatic N) is 6. The van der Waals surface area contributed by atoms with Crippen LogP contribution in [0.4, 0.5) is 5.69 Å². The van der Waals surface area contributed by atoms with Gasteiger partial charge in [0.05, 0.1) is 5.52 Å². The fourth-order valence-corrected chi connectivity index (χ4v) is 5.46. The van der Waals surface area contributed by atoms with Crippen LogP contribution >= 0.6 is 12.2 Å². The van der Waals surface area contributed by atoms with Gasteiger partial charge in [-0.1, -0.05) is 23.4 Å². The van der Waals surface area contributed by atoms with Gasteiger partial charge in [0.15, 0.2) is 5.11 Å². The standard InChI is InChI=1S/C25H27N7S/c33-25(27-21-9-8-18-4-3-5-20(18)16-21)30-13-10-19(11-14-30)24-26-12-15-31(24)17-32-23-7-2-1-6-22(23)28-29-32/h1-2,6-9,12,15-16,19H,3-5,10-11,13-14,17H2,(H,27,33). The van der Waals surface area contributed by atoms with Gasteiger partial charge in [0.25, 0.3) is 0 Å². The number of nitrogens with one attached hydrogen (secondary N) is 1. The topological polar surface area (TPSA) is 63.8 Å². The minimum Gasteiger partial charge on any atom is -0.349 e. The van der Waals surface area contributed by atoms with Crippen molar-refractivity contribution in [2.45, 2.75) is 44.7 Å². The number of thiocarbonyl (C=S) groups is 1. The molecule has 0 radical (unpaired) electrons. The number of benzene rings is 2. The van der Waals surface area contributed by atoms with E-state index >= 15 is 0 Å². The maximum absolute atomic E-state index is 5.75. The third kappa shape index (κ3) is 3.99. The molecule has 0 amide bonds. The molecule has 1 saturated heterocycles. The van der Waals surface area contributed by atoms with Gasteiger partial charge in [0.1, 0.15) is 18.0 Å². The lowest BCUT2D eigenvalue weighted by molar-refractivity contribution is 0.304. The van der Waals surface area contributed by atoms with Gasteiger partial charge in [-0.25, -0.2) is 9.67 Å². The average molecular weight is 458 g/mol. The number of hydrogen-bond donors (Lipinski definition) is 1. The Kier molecular flexibility index (Phi) is 5.30. The van der Waals surface area contributed by atoms with Crippen molar-refractivity contribution >= 4 is 34.1 Å². The van der Waals surface area contributed by atoms with Gasteiger partial charge in [-0.2, -0.15) is 0 Å². The summed E-state index contributed by atoms with van der Waals surface area (Å²) in [6, 6.07) is 14.7. The van der Waals surface area contributed by atoms with E-state index in [1.165, 1.54) is 30.4 Å². The molecule has 1 aliphatic heterocycles. The van der Waals surface area contributed by atoms with Gasteiger partial charge in [0.2, 0.25) is 0 Å². The number of rotatable bonds is 4. The van der Waals surface area contributed by atoms with Crippen LogP contribution in [0.5, 0.6) is 0 Å². The third-order valence-corrected chi connectivity index (χ3v) is 7.31. The highest BCUT2D eigenvalue weighted by molar-refractivity contribution is 7.80. The lowest BCUT2D eigenvalue weighted by atomic mass is 9.96. The Morgan fingerprint density at radius 3 is 2.82 bits per heavy atom. The largest absolute Gasteiger partial charge is 0.349 e. The number of aromatic nitrogens is 5. The summed E-state index contributed by atoms with van der Waals surface area (Å²) in [6.45, 7) is 2.48. The molecule has 2 aromatic carbocycles. The lowest BCUT2D eigenvalue weighted by Gasteiger charge is -2.33. The van der Waals surface area contributed by atoms with Gasteiger partial charge in [-0.3, -0.25) is 0 Å². The highest BCUT2D eigenvalue weighted by Gasteiger charge is 2.25. The van der Waals surface area contributed by atoms with E-state index in [0.717, 1.165) is 53.6 Å². The number of fused-ring (bicyclic) bond motifs is 2. The van der Waals surface area contributed by atoms with E-state index in [2.05, 4.69) is 49.4 Å². The second-order valence-electron chi connectivity index (χ2n) is 9.00. The van der Waals surface area contributed by atoms with Crippen LogP contribution in [0.2, 0.25) is 0 Å². The molecule has 168 valence electrons. The molecule has 2 aliphatic rings. The van der Waals surface area contributed by atoms with Crippen LogP contribution < -0.4 is 5.32 Å². The zero-order valence-corrected chi connectivity index (χ0v) is 19.3. The molecule has 3 heterocycles. The van der Waals surface area contributed by atoms with Crippen LogP contribution in [-0.2, 0) is 19.5 Å². The van der Waals surface area contributed by atoms with Gasteiger partial charge in [-0.05, 0) is 79.7 Å². The van der Waals surface area contributed by atoms with Gasteiger partial charge < -0.3 is 14.8 Å². The molecule has 33 heavy (non-hydrogen) atoms. The number of piperidine rings is 1. The Labute approximate surface area is 198 Å². The first-order valence-corrected chi connectivity index (χ1v) is 12.1. The van der Waals surface area contributed by atoms with E-state index in [1.54, 1.807) is 0 Å². The Balaban J connectivity index is 1.09. The number of para-hydroxylation sites is 1. The highest BCUT2D eigenvalue weighted by Crippen LogP contribution is 2.29. The summed E-state index contributed by atoms with van der Waals surface area (Å²) in [6.07, 6.45) is 9.64. The maximum atomic E-state index is 5.75. The van der Waals surface area contributed by atoms with E-state index < -0.39 is 0 Å². The third-order valence-electron chi connectivity index (χ3n) is 6.95. The summed E-state index contributed by atoms with van der Waals surface area (Å²) >= 11 is 5.75. The van der Waals surface area contributed by atoms with Crippen molar-refractivity contribution in [3.63, 3.8) is 0 Å². The molecule has 1 aliphatic carbocycles. The molecule has 2 aromatic heterocycles. The normalized spacial score (nSPS) is 16.3. The van der Waals surface area contributed by atoms with Crippen LogP contribution in [0.3, 0.4) is 0 Å². The van der Waals surface area contributed by atoms with Crippen molar-refractivity contribution < 1.29 is 0 Å². The van der Waals surface area contributed by atoms with Crippen LogP contribution in [0.1, 0.15) is 42.1 Å². The fourth-order valence-electron chi connectivity index (χ4n) is 5.16. The minimum absolute atomic E-state index is 0.411. The van der Waals surface area contributed by atoms with Crippen molar-refractivity contribution in [1.82, 2.24) is 29.4 Å². The van der Waals surface area contributed by atoms with Crippen LogP contribution in [0.15, 0.2) is 54.9 Å². The molecule has 0 spiro atoms. The Bertz CT molecular complexity index is 1300. The molecule has 0 unspecified atom stereocenters. The number of hydrogen-bond acceptors (Lipinski definition) is 4. The van der Waals surface area contributed by atoms with Crippen molar-refractivity contribution in [2.24, 2.45) is 0 Å². The summed E-state index contributed by atoms with van der Waals surface area (Å²) in [7, 11) is 0. The van der Waals surface area contributed by atoms with E-state index in [9.17, 15) is 0 Å². The molecule has 4 aromatic rings. The number of aryl methyl sites for hydroxylation is 2. The lowest BCUT2D eigenvalue weighted by Crippen LogP contribution is -2.40. The van der Waals surface area contributed by atoms with Crippen molar-refractivity contribution in [3.05, 3.63) is 71.8 Å². The van der Waals surface area contributed by atoms with E-state index in [-0.39, 0.29) is 0 Å². The Morgan fingerprint density at radius 1 is 1.06 bits per heavy atom. The first kappa shape index (κ1) is 20.4. The number of anilines is 1. The van der Waals surface area contributed by atoms with E-state index in [4.69, 9.17) is 17.2 Å². The number of likely N-dealkylation sites (tertiary alicyclic amines) is 1. The first-order valence-electron chi connectivity index (χ1n) is 11.7. The summed E-state index contributed by atoms with van der Waals surface area (Å²) in [5, 5.41) is 12.9. The summed E-state index contributed by atoms with van der Waals surface area (Å²) in [5.74, 6) is 1.53. The van der Waals surface area contributed by atoms with Crippen LogP contribution in [0.25, 0.3) is 11.0 Å².